The molecule has 2 N–H and O–H groups in total. The largest absolute Gasteiger partial charge is 0.465 e. The van der Waals surface area contributed by atoms with E-state index in [1.807, 2.05) is 6.07 Å². The van der Waals surface area contributed by atoms with E-state index in [4.69, 9.17) is 0 Å². The molecule has 0 saturated carbocycles. The maximum atomic E-state index is 13.2. The molecule has 3 aromatic carbocycles. The normalized spacial score (nSPS) is 12.1. The summed E-state index contributed by atoms with van der Waals surface area (Å²) in [6.45, 7) is 0. The van der Waals surface area contributed by atoms with Gasteiger partial charge in [0.05, 0.1) is 17.6 Å². The van der Waals surface area contributed by atoms with Crippen molar-refractivity contribution >= 4 is 27.6 Å². The summed E-state index contributed by atoms with van der Waals surface area (Å²) in [7, 11) is -2.83. The molecular formula is C23H21FN2O5S. The highest BCUT2D eigenvalue weighted by Gasteiger charge is 2.26. The smallest absolute Gasteiger partial charge is 0.337 e. The van der Waals surface area contributed by atoms with Gasteiger partial charge in [-0.2, -0.15) is 4.72 Å². The van der Waals surface area contributed by atoms with E-state index in [-0.39, 0.29) is 11.3 Å². The maximum Gasteiger partial charge on any atom is 0.337 e. The minimum Gasteiger partial charge on any atom is -0.465 e. The van der Waals surface area contributed by atoms with Gasteiger partial charge in [0.1, 0.15) is 11.9 Å². The molecule has 0 aliphatic heterocycles. The van der Waals surface area contributed by atoms with Crippen LogP contribution in [0.5, 0.6) is 0 Å². The number of halogens is 1. The first-order valence-electron chi connectivity index (χ1n) is 9.59. The molecule has 0 aliphatic carbocycles. The summed E-state index contributed by atoms with van der Waals surface area (Å²) in [5.74, 6) is -1.68. The molecule has 1 amide bonds. The molecule has 166 valence electrons. The summed E-state index contributed by atoms with van der Waals surface area (Å²) in [4.78, 5) is 24.4. The van der Waals surface area contributed by atoms with Crippen LogP contribution in [0.3, 0.4) is 0 Å². The Balaban J connectivity index is 1.82. The molecule has 0 unspecified atom stereocenters. The molecule has 0 aliphatic rings. The Hall–Kier alpha value is -3.56. The van der Waals surface area contributed by atoms with E-state index in [9.17, 15) is 22.4 Å². The Bertz CT molecular complexity index is 1180. The van der Waals surface area contributed by atoms with Crippen LogP contribution < -0.4 is 10.0 Å². The number of sulfonamides is 1. The summed E-state index contributed by atoms with van der Waals surface area (Å²) >= 11 is 0. The number of methoxy groups -OCH3 is 1. The minimum absolute atomic E-state index is 0.0906. The van der Waals surface area contributed by atoms with E-state index in [2.05, 4.69) is 14.8 Å². The number of amides is 1. The van der Waals surface area contributed by atoms with Gasteiger partial charge in [0.2, 0.25) is 15.9 Å². The third kappa shape index (κ3) is 5.99. The Morgan fingerprint density at radius 3 is 2.16 bits per heavy atom. The standard InChI is InChI=1S/C23H21FN2O5S/c1-31-23(28)17-7-11-19(12-8-17)25-22(27)21(15-16-5-3-2-4-6-16)26-32(29,30)20-13-9-18(24)10-14-20/h2-14,21,26H,15H2,1H3,(H,25,27)/t21-/m1/s1. The zero-order valence-electron chi connectivity index (χ0n) is 17.1. The predicted octanol–water partition coefficient (Wildman–Crippen LogP) is 3.14. The molecule has 1 atom stereocenters. The van der Waals surface area contributed by atoms with E-state index >= 15 is 0 Å². The molecule has 0 radical (unpaired) electrons. The van der Waals surface area contributed by atoms with Crippen molar-refractivity contribution < 1.29 is 27.1 Å². The van der Waals surface area contributed by atoms with Crippen LogP contribution >= 0.6 is 0 Å². The van der Waals surface area contributed by atoms with Crippen molar-refractivity contribution in [2.75, 3.05) is 12.4 Å². The SMILES string of the molecule is COC(=O)c1ccc(NC(=O)[C@@H](Cc2ccccc2)NS(=O)(=O)c2ccc(F)cc2)cc1. The second-order valence-corrected chi connectivity index (χ2v) is 8.59. The molecule has 0 bridgehead atoms. The Morgan fingerprint density at radius 2 is 1.56 bits per heavy atom. The molecule has 3 rings (SSSR count). The Morgan fingerprint density at radius 1 is 0.938 bits per heavy atom. The average Bonchev–Trinajstić information content (AvgIpc) is 2.79. The zero-order chi connectivity index (χ0) is 23.1. The molecule has 0 heterocycles. The van der Waals surface area contributed by atoms with Crippen molar-refractivity contribution in [2.45, 2.75) is 17.4 Å². The number of ether oxygens (including phenoxy) is 1. The third-order valence-electron chi connectivity index (χ3n) is 4.59. The quantitative estimate of drug-likeness (QED) is 0.507. The van der Waals surface area contributed by atoms with Crippen LogP contribution in [0.15, 0.2) is 83.8 Å². The molecule has 32 heavy (non-hydrogen) atoms. The number of anilines is 1. The summed E-state index contributed by atoms with van der Waals surface area (Å²) in [6, 6.07) is 18.1. The summed E-state index contributed by atoms with van der Waals surface area (Å²) in [5.41, 5.74) is 1.43. The highest BCUT2D eigenvalue weighted by atomic mass is 32.2. The maximum absolute atomic E-state index is 13.2. The van der Waals surface area contributed by atoms with E-state index in [0.29, 0.717) is 11.3 Å². The number of benzene rings is 3. The van der Waals surface area contributed by atoms with Gasteiger partial charge in [-0.05, 0) is 60.5 Å². The number of carbonyl (C=O) groups excluding carboxylic acids is 2. The van der Waals surface area contributed by atoms with Crippen LogP contribution in [0.25, 0.3) is 0 Å². The van der Waals surface area contributed by atoms with Crippen LogP contribution in [0.2, 0.25) is 0 Å². The van der Waals surface area contributed by atoms with Gasteiger partial charge in [0, 0.05) is 5.69 Å². The first-order valence-corrected chi connectivity index (χ1v) is 11.1. The number of carbonyl (C=O) groups is 2. The predicted molar refractivity (Wildman–Crippen MR) is 117 cm³/mol. The van der Waals surface area contributed by atoms with Gasteiger partial charge in [-0.15, -0.1) is 0 Å². The summed E-state index contributed by atoms with van der Waals surface area (Å²) in [5, 5.41) is 2.65. The van der Waals surface area contributed by atoms with E-state index in [1.54, 1.807) is 24.3 Å². The fraction of sp³-hybridized carbons (Fsp3) is 0.130. The molecular weight excluding hydrogens is 435 g/mol. The van der Waals surface area contributed by atoms with Gasteiger partial charge in [-0.3, -0.25) is 4.79 Å². The van der Waals surface area contributed by atoms with Crippen LogP contribution in [0.1, 0.15) is 15.9 Å². The van der Waals surface area contributed by atoms with Gasteiger partial charge in [0.15, 0.2) is 0 Å². The fourth-order valence-corrected chi connectivity index (χ4v) is 4.14. The van der Waals surface area contributed by atoms with E-state index < -0.39 is 33.8 Å². The molecule has 7 nitrogen and oxygen atoms in total. The van der Waals surface area contributed by atoms with Crippen molar-refractivity contribution in [1.29, 1.82) is 0 Å². The van der Waals surface area contributed by atoms with Crippen LogP contribution in [-0.4, -0.2) is 33.4 Å². The summed E-state index contributed by atoms with van der Waals surface area (Å²) < 4.78 is 45.8. The molecule has 9 heteroatoms. The lowest BCUT2D eigenvalue weighted by atomic mass is 10.1. The molecule has 0 aromatic heterocycles. The van der Waals surface area contributed by atoms with Crippen molar-refractivity contribution in [3.63, 3.8) is 0 Å². The summed E-state index contributed by atoms with van der Waals surface area (Å²) in [6.07, 6.45) is 0.0906. The number of hydrogen-bond donors (Lipinski definition) is 2. The van der Waals surface area contributed by atoms with Gasteiger partial charge < -0.3 is 10.1 Å². The average molecular weight is 456 g/mol. The highest BCUT2D eigenvalue weighted by Crippen LogP contribution is 2.15. The molecule has 0 spiro atoms. The Labute approximate surface area is 185 Å². The number of esters is 1. The van der Waals surface area contributed by atoms with Gasteiger partial charge >= 0.3 is 5.97 Å². The van der Waals surface area contributed by atoms with Gasteiger partial charge in [-0.1, -0.05) is 30.3 Å². The topological polar surface area (TPSA) is 102 Å². The Kier molecular flexibility index (Phi) is 7.34. The lowest BCUT2D eigenvalue weighted by Crippen LogP contribution is -2.45. The van der Waals surface area contributed by atoms with Crippen molar-refractivity contribution in [3.05, 3.63) is 95.8 Å². The first-order chi connectivity index (χ1) is 15.3. The fourth-order valence-electron chi connectivity index (χ4n) is 2.94. The second kappa shape index (κ2) is 10.2. The minimum atomic E-state index is -4.09. The third-order valence-corrected chi connectivity index (χ3v) is 6.08. The number of rotatable bonds is 8. The van der Waals surface area contributed by atoms with Crippen LogP contribution in [0.4, 0.5) is 10.1 Å². The van der Waals surface area contributed by atoms with E-state index in [0.717, 1.165) is 29.8 Å². The highest BCUT2D eigenvalue weighted by molar-refractivity contribution is 7.89. The van der Waals surface area contributed by atoms with Crippen molar-refractivity contribution in [3.8, 4) is 0 Å². The lowest BCUT2D eigenvalue weighted by molar-refractivity contribution is -0.117. The van der Waals surface area contributed by atoms with Crippen LogP contribution in [0, 0.1) is 5.82 Å². The van der Waals surface area contributed by atoms with E-state index in [1.165, 1.54) is 31.4 Å². The lowest BCUT2D eigenvalue weighted by Gasteiger charge is -2.19. The second-order valence-electron chi connectivity index (χ2n) is 6.88. The van der Waals surface area contributed by atoms with Crippen molar-refractivity contribution in [1.82, 2.24) is 4.72 Å². The van der Waals surface area contributed by atoms with Crippen molar-refractivity contribution in [2.24, 2.45) is 0 Å². The number of hydrogen-bond acceptors (Lipinski definition) is 5. The van der Waals surface area contributed by atoms with Gasteiger partial charge in [-0.25, -0.2) is 17.6 Å². The van der Waals surface area contributed by atoms with Gasteiger partial charge in [0.25, 0.3) is 0 Å². The monoisotopic (exact) mass is 456 g/mol. The zero-order valence-corrected chi connectivity index (χ0v) is 17.9. The first kappa shape index (κ1) is 23.1. The molecule has 3 aromatic rings. The number of nitrogens with one attached hydrogen (secondary N) is 2. The molecule has 0 saturated heterocycles. The molecule has 0 fully saturated rings. The van der Waals surface area contributed by atoms with Crippen LogP contribution in [-0.2, 0) is 26.0 Å².